The van der Waals surface area contributed by atoms with Crippen LogP contribution in [0.1, 0.15) is 15.9 Å². The Kier molecular flexibility index (Phi) is 6.72. The molecule has 3 rings (SSSR count). The van der Waals surface area contributed by atoms with Gasteiger partial charge in [-0.05, 0) is 54.6 Å². The first kappa shape index (κ1) is 21.4. The van der Waals surface area contributed by atoms with Gasteiger partial charge in [-0.25, -0.2) is 0 Å². The number of hydrogen-bond donors (Lipinski definition) is 0. The summed E-state index contributed by atoms with van der Waals surface area (Å²) in [7, 11) is 1.53. The molecule has 0 fully saturated rings. The summed E-state index contributed by atoms with van der Waals surface area (Å²) in [5.41, 5.74) is 0.676. The zero-order chi connectivity index (χ0) is 21.7. The van der Waals surface area contributed by atoms with E-state index in [1.807, 2.05) is 0 Å². The fraction of sp³-hybridized carbons (Fsp3) is 0.0455. The molecule has 0 saturated carbocycles. The van der Waals surface area contributed by atoms with Crippen LogP contribution >= 0.6 is 23.2 Å². The molecule has 30 heavy (non-hydrogen) atoms. The summed E-state index contributed by atoms with van der Waals surface area (Å²) < 4.78 is 10.9. The monoisotopic (exact) mass is 443 g/mol. The van der Waals surface area contributed by atoms with Crippen molar-refractivity contribution in [3.8, 4) is 11.5 Å². The van der Waals surface area contributed by atoms with Gasteiger partial charge < -0.3 is 9.47 Å². The Balaban J connectivity index is 2.02. The minimum Gasteiger partial charge on any atom is -0.497 e. The maximum atomic E-state index is 13.1. The molecular weight excluding hydrogens is 429 g/mol. The van der Waals surface area contributed by atoms with Crippen LogP contribution in [0.15, 0.2) is 72.5 Å². The van der Waals surface area contributed by atoms with Crippen molar-refractivity contribution in [1.82, 2.24) is 0 Å². The summed E-state index contributed by atoms with van der Waals surface area (Å²) in [6.07, 6.45) is 1.44. The number of halogens is 2. The average Bonchev–Trinajstić information content (AvgIpc) is 2.75. The van der Waals surface area contributed by atoms with Gasteiger partial charge in [-0.15, -0.1) is 0 Å². The first-order valence-corrected chi connectivity index (χ1v) is 9.41. The number of rotatable bonds is 7. The van der Waals surface area contributed by atoms with E-state index in [4.69, 9.17) is 32.7 Å². The summed E-state index contributed by atoms with van der Waals surface area (Å²) in [4.78, 5) is 23.5. The lowest BCUT2D eigenvalue weighted by Crippen LogP contribution is -2.10. The predicted octanol–water partition coefficient (Wildman–Crippen LogP) is 6.21. The minimum absolute atomic E-state index is 0.0518. The van der Waals surface area contributed by atoms with Crippen molar-refractivity contribution < 1.29 is 19.2 Å². The Labute approximate surface area is 182 Å². The molecule has 0 atom stereocenters. The van der Waals surface area contributed by atoms with Crippen LogP contribution in [-0.4, -0.2) is 17.8 Å². The highest BCUT2D eigenvalue weighted by Crippen LogP contribution is 2.29. The van der Waals surface area contributed by atoms with Gasteiger partial charge in [-0.3, -0.25) is 14.9 Å². The van der Waals surface area contributed by atoms with Crippen LogP contribution in [0.25, 0.3) is 6.08 Å². The third kappa shape index (κ3) is 4.97. The number of carbonyl (C=O) groups excluding carboxylic acids is 1. The summed E-state index contributed by atoms with van der Waals surface area (Å²) in [6, 6.07) is 16.8. The Hall–Kier alpha value is -3.35. The maximum absolute atomic E-state index is 13.1. The van der Waals surface area contributed by atoms with E-state index in [1.54, 1.807) is 42.5 Å². The molecule has 0 aliphatic rings. The molecule has 0 bridgehead atoms. The molecule has 6 nitrogen and oxygen atoms in total. The second-order valence-electron chi connectivity index (χ2n) is 6.05. The number of hydrogen-bond acceptors (Lipinski definition) is 5. The third-order valence-corrected chi connectivity index (χ3v) is 4.79. The Bertz CT molecular complexity index is 1090. The number of methoxy groups -OCH3 is 1. The zero-order valence-electron chi connectivity index (χ0n) is 15.7. The minimum atomic E-state index is -0.521. The number of Topliss-reactive ketones (excluding diaryl/α,β-unsaturated/α-hetero) is 1. The molecule has 8 heteroatoms. The van der Waals surface area contributed by atoms with Crippen molar-refractivity contribution in [1.29, 1.82) is 0 Å². The summed E-state index contributed by atoms with van der Waals surface area (Å²) in [5.74, 6) is 0.371. The number of nitrogens with zero attached hydrogens (tertiary/aromatic N) is 1. The van der Waals surface area contributed by atoms with Crippen molar-refractivity contribution in [3.63, 3.8) is 0 Å². The molecule has 0 unspecified atom stereocenters. The lowest BCUT2D eigenvalue weighted by Gasteiger charge is -2.11. The van der Waals surface area contributed by atoms with Crippen LogP contribution in [0.3, 0.4) is 0 Å². The van der Waals surface area contributed by atoms with Gasteiger partial charge in [-0.1, -0.05) is 29.3 Å². The van der Waals surface area contributed by atoms with Crippen molar-refractivity contribution >= 4 is 40.7 Å². The van der Waals surface area contributed by atoms with Crippen molar-refractivity contribution in [3.05, 3.63) is 104 Å². The van der Waals surface area contributed by atoms with Gasteiger partial charge in [-0.2, -0.15) is 0 Å². The highest BCUT2D eigenvalue weighted by molar-refractivity contribution is 6.37. The second-order valence-corrected chi connectivity index (χ2v) is 6.87. The van der Waals surface area contributed by atoms with Gasteiger partial charge in [0.05, 0.1) is 12.0 Å². The molecule has 3 aromatic carbocycles. The van der Waals surface area contributed by atoms with Gasteiger partial charge >= 0.3 is 0 Å². The number of ketones is 1. The van der Waals surface area contributed by atoms with E-state index < -0.39 is 10.7 Å². The van der Waals surface area contributed by atoms with Gasteiger partial charge in [0.2, 0.25) is 5.78 Å². The first-order valence-electron chi connectivity index (χ1n) is 8.66. The van der Waals surface area contributed by atoms with Crippen molar-refractivity contribution in [2.45, 2.75) is 0 Å². The lowest BCUT2D eigenvalue weighted by molar-refractivity contribution is -0.384. The van der Waals surface area contributed by atoms with Gasteiger partial charge in [0.1, 0.15) is 11.5 Å². The number of non-ortho nitro benzene ring substituents is 1. The maximum Gasteiger partial charge on any atom is 0.269 e. The lowest BCUT2D eigenvalue weighted by atomic mass is 10.1. The molecule has 0 spiro atoms. The molecule has 152 valence electrons. The molecule has 0 aliphatic heterocycles. The van der Waals surface area contributed by atoms with E-state index in [2.05, 4.69) is 0 Å². The van der Waals surface area contributed by atoms with E-state index in [1.165, 1.54) is 37.5 Å². The predicted molar refractivity (Wildman–Crippen MR) is 115 cm³/mol. The van der Waals surface area contributed by atoms with Gasteiger partial charge in [0.25, 0.3) is 5.69 Å². The molecular formula is C22H15Cl2NO5. The highest BCUT2D eigenvalue weighted by atomic mass is 35.5. The normalized spacial score (nSPS) is 11.1. The Morgan fingerprint density at radius 2 is 1.50 bits per heavy atom. The van der Waals surface area contributed by atoms with Crippen LogP contribution in [0.5, 0.6) is 11.5 Å². The molecule has 0 aliphatic carbocycles. The van der Waals surface area contributed by atoms with E-state index in [-0.39, 0.29) is 17.2 Å². The van der Waals surface area contributed by atoms with Gasteiger partial charge in [0.15, 0.2) is 5.76 Å². The number of carbonyl (C=O) groups is 1. The number of nitro groups is 1. The number of ether oxygens (including phenoxy) is 2. The summed E-state index contributed by atoms with van der Waals surface area (Å²) >= 11 is 12.5. The Morgan fingerprint density at radius 1 is 0.933 bits per heavy atom. The first-order chi connectivity index (χ1) is 14.4. The number of nitro benzene ring substituents is 1. The molecule has 0 radical (unpaired) electrons. The largest absolute Gasteiger partial charge is 0.497 e. The fourth-order valence-corrected chi connectivity index (χ4v) is 3.08. The number of benzene rings is 3. The summed E-state index contributed by atoms with van der Waals surface area (Å²) in [6.45, 7) is 0. The van der Waals surface area contributed by atoms with Crippen LogP contribution in [0, 0.1) is 10.1 Å². The molecule has 0 saturated heterocycles. The standard InChI is InChI=1S/C22H15Cl2NO5/c1-29-16-9-5-14(6-10-16)22(26)21(13-18-19(23)3-2-4-20(18)24)30-17-11-7-15(8-12-17)25(27)28/h2-13H,1H3/b21-13-. The van der Waals surface area contributed by atoms with Crippen LogP contribution in [0.2, 0.25) is 10.0 Å². The summed E-state index contributed by atoms with van der Waals surface area (Å²) in [5, 5.41) is 11.5. The molecule has 0 N–H and O–H groups in total. The van der Waals surface area contributed by atoms with E-state index in [9.17, 15) is 14.9 Å². The SMILES string of the molecule is COc1ccc(C(=O)/C(=C/c2c(Cl)cccc2Cl)Oc2ccc([N+](=O)[O-])cc2)cc1. The van der Waals surface area contributed by atoms with E-state index in [0.29, 0.717) is 26.9 Å². The third-order valence-electron chi connectivity index (χ3n) is 4.13. The second kappa shape index (κ2) is 9.43. The van der Waals surface area contributed by atoms with E-state index in [0.717, 1.165) is 0 Å². The van der Waals surface area contributed by atoms with Crippen LogP contribution in [-0.2, 0) is 0 Å². The van der Waals surface area contributed by atoms with E-state index >= 15 is 0 Å². The molecule has 0 amide bonds. The van der Waals surface area contributed by atoms with Crippen molar-refractivity contribution in [2.75, 3.05) is 7.11 Å². The van der Waals surface area contributed by atoms with Gasteiger partial charge in [0, 0.05) is 33.3 Å². The highest BCUT2D eigenvalue weighted by Gasteiger charge is 2.18. The smallest absolute Gasteiger partial charge is 0.269 e. The topological polar surface area (TPSA) is 78.7 Å². The van der Waals surface area contributed by atoms with Crippen LogP contribution < -0.4 is 9.47 Å². The molecule has 0 heterocycles. The number of allylic oxidation sites excluding steroid dienone is 1. The average molecular weight is 444 g/mol. The quantitative estimate of drug-likeness (QED) is 0.142. The zero-order valence-corrected chi connectivity index (χ0v) is 17.2. The molecule has 3 aromatic rings. The Morgan fingerprint density at radius 3 is 2.03 bits per heavy atom. The van der Waals surface area contributed by atoms with Crippen molar-refractivity contribution in [2.24, 2.45) is 0 Å². The van der Waals surface area contributed by atoms with Crippen LogP contribution in [0.4, 0.5) is 5.69 Å². The fourth-order valence-electron chi connectivity index (χ4n) is 2.57. The molecule has 0 aromatic heterocycles.